The second-order valence-electron chi connectivity index (χ2n) is 0. The van der Waals surface area contributed by atoms with Crippen LogP contribution in [0.2, 0.25) is 0 Å². The van der Waals surface area contributed by atoms with Crippen molar-refractivity contribution in [2.24, 2.45) is 0 Å². The predicted molar refractivity (Wildman–Crippen MR) is 21.3 cm³/mol. The molecule has 6 heteroatoms. The summed E-state index contributed by atoms with van der Waals surface area (Å²) in [5.41, 5.74) is 0. The van der Waals surface area contributed by atoms with Gasteiger partial charge < -0.3 is 23.3 Å². The Morgan fingerprint density at radius 3 is 0.667 bits per heavy atom. The molecular formula is H9BKO4. The molecular weight excluding hydrogens is 114 g/mol. The van der Waals surface area contributed by atoms with Gasteiger partial charge in [0.25, 0.3) is 0 Å². The van der Waals surface area contributed by atoms with Crippen molar-refractivity contribution >= 4 is 8.41 Å². The molecule has 0 fully saturated rings. The molecule has 0 saturated heterocycles. The van der Waals surface area contributed by atoms with E-state index < -0.39 is 0 Å². The first-order valence-electron chi connectivity index (χ1n) is 0. The van der Waals surface area contributed by atoms with Crippen LogP contribution in [0.3, 0.4) is 0 Å². The monoisotopic (exact) mass is 123 g/mol. The molecule has 0 heterocycles. The normalized spacial score (nSPS) is 0. The molecule has 0 aliphatic rings. The van der Waals surface area contributed by atoms with E-state index in [4.69, 9.17) is 0 Å². The zero-order valence-electron chi connectivity index (χ0n) is 4.58. The van der Waals surface area contributed by atoms with Gasteiger partial charge in [0, 0.05) is 8.41 Å². The third-order valence-electron chi connectivity index (χ3n) is 0. The van der Waals surface area contributed by atoms with Crippen molar-refractivity contribution in [1.29, 1.82) is 0 Å². The average Bonchev–Trinajstić information content (AvgIpc) is 0. The zero-order valence-corrected chi connectivity index (χ0v) is 6.70. The van der Waals surface area contributed by atoms with Gasteiger partial charge in [-0.3, -0.25) is 0 Å². The molecule has 0 unspecified atom stereocenters. The van der Waals surface area contributed by atoms with E-state index in [0.29, 0.717) is 0 Å². The van der Waals surface area contributed by atoms with Crippen LogP contribution in [0.15, 0.2) is 0 Å². The summed E-state index contributed by atoms with van der Waals surface area (Å²) in [5.74, 6) is 0. The van der Waals surface area contributed by atoms with Crippen molar-refractivity contribution in [3.05, 3.63) is 0 Å². The maximum atomic E-state index is 0. The van der Waals surface area contributed by atoms with Crippen LogP contribution < -0.4 is 51.4 Å². The summed E-state index contributed by atoms with van der Waals surface area (Å²) in [7, 11) is 0. The zero-order chi connectivity index (χ0) is 0. The van der Waals surface area contributed by atoms with E-state index in [-0.39, 0.29) is 83.1 Å². The van der Waals surface area contributed by atoms with Gasteiger partial charge in [-0.1, -0.05) is 0 Å². The maximum absolute atomic E-state index is 0. The van der Waals surface area contributed by atoms with E-state index in [0.717, 1.165) is 0 Å². The Hall–Kier alpha value is 1.54. The van der Waals surface area contributed by atoms with Gasteiger partial charge in [0.2, 0.25) is 0 Å². The molecule has 0 aromatic rings. The van der Waals surface area contributed by atoms with Crippen LogP contribution in [-0.4, -0.2) is 30.3 Å². The fourth-order valence-electron chi connectivity index (χ4n) is 0. The van der Waals surface area contributed by atoms with Crippen LogP contribution in [0.4, 0.5) is 0 Å². The van der Waals surface area contributed by atoms with E-state index in [1.165, 1.54) is 0 Å². The van der Waals surface area contributed by atoms with Gasteiger partial charge in [-0.05, 0) is 0 Å². The second-order valence-corrected chi connectivity index (χ2v) is 0. The summed E-state index contributed by atoms with van der Waals surface area (Å²) >= 11 is 0. The molecule has 8 N–H and O–H groups in total. The SMILES string of the molecule is O.O.O.O.[B].[H-].[K+]. The Morgan fingerprint density at radius 1 is 0.667 bits per heavy atom. The number of hydrogen-bond acceptors (Lipinski definition) is 0. The Morgan fingerprint density at radius 2 is 0.667 bits per heavy atom. The molecule has 0 aromatic carbocycles. The Labute approximate surface area is 82.0 Å². The summed E-state index contributed by atoms with van der Waals surface area (Å²) in [6, 6.07) is 0. The van der Waals surface area contributed by atoms with Gasteiger partial charge in [-0.2, -0.15) is 0 Å². The van der Waals surface area contributed by atoms with E-state index in [9.17, 15) is 0 Å². The minimum Gasteiger partial charge on any atom is -1.00 e. The quantitative estimate of drug-likeness (QED) is 0.284. The third-order valence-corrected chi connectivity index (χ3v) is 0. The fraction of sp³-hybridized carbons (Fsp3) is 0. The second kappa shape index (κ2) is 84.5. The summed E-state index contributed by atoms with van der Waals surface area (Å²) in [4.78, 5) is 0. The molecule has 0 atom stereocenters. The summed E-state index contributed by atoms with van der Waals surface area (Å²) in [6.45, 7) is 0. The Balaban J connectivity index is 0. The number of hydrogen-bond donors (Lipinski definition) is 0. The molecule has 0 bridgehead atoms. The van der Waals surface area contributed by atoms with Crippen molar-refractivity contribution in [2.45, 2.75) is 0 Å². The fourth-order valence-corrected chi connectivity index (χ4v) is 0. The average molecular weight is 123 g/mol. The van der Waals surface area contributed by atoms with Gasteiger partial charge in [0.05, 0.1) is 0 Å². The number of rotatable bonds is 0. The van der Waals surface area contributed by atoms with E-state index in [1.54, 1.807) is 0 Å². The molecule has 6 heavy (non-hydrogen) atoms. The van der Waals surface area contributed by atoms with Gasteiger partial charge in [-0.25, -0.2) is 0 Å². The van der Waals surface area contributed by atoms with Crippen molar-refractivity contribution in [2.75, 3.05) is 0 Å². The van der Waals surface area contributed by atoms with Gasteiger partial charge >= 0.3 is 51.4 Å². The molecule has 0 aliphatic heterocycles. The summed E-state index contributed by atoms with van der Waals surface area (Å²) in [5, 5.41) is 0. The minimum atomic E-state index is 0. The molecule has 0 aliphatic carbocycles. The molecule has 0 aromatic heterocycles. The van der Waals surface area contributed by atoms with Crippen LogP contribution in [0, 0.1) is 0 Å². The maximum Gasteiger partial charge on any atom is 1.00 e. The smallest absolute Gasteiger partial charge is 1.00 e. The van der Waals surface area contributed by atoms with Crippen LogP contribution in [-0.2, 0) is 0 Å². The molecule has 3 radical (unpaired) electrons. The standard InChI is InChI=1S/B.K.4H2O.H/h;;4*1H2;/q;+1;;;;;-1. The van der Waals surface area contributed by atoms with Crippen molar-refractivity contribution < 1.29 is 74.7 Å². The molecule has 0 spiro atoms. The van der Waals surface area contributed by atoms with Crippen molar-refractivity contribution in [3.8, 4) is 0 Å². The first-order valence-corrected chi connectivity index (χ1v) is 0. The van der Waals surface area contributed by atoms with Crippen LogP contribution in [0.5, 0.6) is 0 Å². The van der Waals surface area contributed by atoms with Crippen LogP contribution in [0.1, 0.15) is 1.43 Å². The van der Waals surface area contributed by atoms with E-state index in [2.05, 4.69) is 0 Å². The third kappa shape index (κ3) is 48.1. The molecule has 0 amide bonds. The van der Waals surface area contributed by atoms with Gasteiger partial charge in [0.1, 0.15) is 0 Å². The molecule has 0 rings (SSSR count). The van der Waals surface area contributed by atoms with Crippen molar-refractivity contribution in [3.63, 3.8) is 0 Å². The topological polar surface area (TPSA) is 126 Å². The minimum absolute atomic E-state index is 0. The van der Waals surface area contributed by atoms with E-state index in [1.807, 2.05) is 0 Å². The van der Waals surface area contributed by atoms with E-state index >= 15 is 0 Å². The van der Waals surface area contributed by atoms with Gasteiger partial charge in [-0.15, -0.1) is 0 Å². The largest absolute Gasteiger partial charge is 1.00 e. The van der Waals surface area contributed by atoms with Crippen molar-refractivity contribution in [1.82, 2.24) is 0 Å². The molecule has 0 saturated carbocycles. The molecule has 37 valence electrons. The molecule has 4 nitrogen and oxygen atoms in total. The van der Waals surface area contributed by atoms with Crippen LogP contribution >= 0.6 is 0 Å². The Kier molecular flexibility index (Phi) is 1910. The predicted octanol–water partition coefficient (Wildman–Crippen LogP) is -6.56. The van der Waals surface area contributed by atoms with Gasteiger partial charge in [0.15, 0.2) is 0 Å². The first-order chi connectivity index (χ1) is 0. The Bertz CT molecular complexity index is 11.7. The summed E-state index contributed by atoms with van der Waals surface area (Å²) in [6.07, 6.45) is 0. The van der Waals surface area contributed by atoms with Crippen LogP contribution in [0.25, 0.3) is 0 Å². The summed E-state index contributed by atoms with van der Waals surface area (Å²) < 4.78 is 0. The first kappa shape index (κ1) is 136.